The molecule has 1 aliphatic carbocycles. The molecule has 1 aromatic rings. The number of piperidine rings is 1. The van der Waals surface area contributed by atoms with Gasteiger partial charge in [-0.2, -0.15) is 4.98 Å². The number of hydrazine groups is 1. The molecule has 2 aliphatic heterocycles. The zero-order valence-corrected chi connectivity index (χ0v) is 14.0. The molecule has 23 heavy (non-hydrogen) atoms. The lowest BCUT2D eigenvalue weighted by Crippen LogP contribution is -2.44. The van der Waals surface area contributed by atoms with E-state index in [1.165, 1.54) is 36.9 Å². The van der Waals surface area contributed by atoms with Gasteiger partial charge in [0.25, 0.3) is 0 Å². The first-order chi connectivity index (χ1) is 11.2. The maximum atomic E-state index is 5.97. The van der Waals surface area contributed by atoms with Crippen molar-refractivity contribution in [2.45, 2.75) is 51.5 Å². The van der Waals surface area contributed by atoms with Gasteiger partial charge in [-0.3, -0.25) is 10.9 Å². The van der Waals surface area contributed by atoms with Crippen LogP contribution in [-0.4, -0.2) is 35.6 Å². The van der Waals surface area contributed by atoms with Crippen molar-refractivity contribution in [1.29, 1.82) is 0 Å². The highest BCUT2D eigenvalue weighted by Gasteiger charge is 2.34. The number of nitrogen functional groups attached to an aromatic ring is 1. The fourth-order valence-corrected chi connectivity index (χ4v) is 4.51. The second kappa shape index (κ2) is 6.24. The molecule has 0 bridgehead atoms. The van der Waals surface area contributed by atoms with Gasteiger partial charge in [-0.25, -0.2) is 4.98 Å². The highest BCUT2D eigenvalue weighted by atomic mass is 15.4. The van der Waals surface area contributed by atoms with Crippen LogP contribution < -0.4 is 21.5 Å². The lowest BCUT2D eigenvalue weighted by Gasteiger charge is -2.37. The number of aromatic nitrogens is 2. The van der Waals surface area contributed by atoms with E-state index in [9.17, 15) is 0 Å². The van der Waals surface area contributed by atoms with Crippen LogP contribution >= 0.6 is 0 Å². The summed E-state index contributed by atoms with van der Waals surface area (Å²) >= 11 is 0. The van der Waals surface area contributed by atoms with Gasteiger partial charge in [-0.15, -0.1) is 0 Å². The summed E-state index contributed by atoms with van der Waals surface area (Å²) in [5, 5.41) is 0. The summed E-state index contributed by atoms with van der Waals surface area (Å²) in [6, 6.07) is 0.613. The van der Waals surface area contributed by atoms with Crippen LogP contribution in [0.25, 0.3) is 0 Å². The Bertz CT molecular complexity index is 566. The molecule has 0 aromatic carbocycles. The van der Waals surface area contributed by atoms with E-state index in [4.69, 9.17) is 5.73 Å². The van der Waals surface area contributed by atoms with Gasteiger partial charge < -0.3 is 10.6 Å². The van der Waals surface area contributed by atoms with Gasteiger partial charge >= 0.3 is 0 Å². The van der Waals surface area contributed by atoms with Crippen LogP contribution in [0.5, 0.6) is 0 Å². The van der Waals surface area contributed by atoms with E-state index in [1.54, 1.807) is 0 Å². The Hall–Kier alpha value is -1.40. The minimum Gasteiger partial charge on any atom is -0.368 e. The fourth-order valence-electron chi connectivity index (χ4n) is 4.51. The maximum absolute atomic E-state index is 5.97. The van der Waals surface area contributed by atoms with Crippen molar-refractivity contribution in [2.24, 2.45) is 11.8 Å². The third-order valence-electron chi connectivity index (χ3n) is 5.83. The summed E-state index contributed by atoms with van der Waals surface area (Å²) in [7, 11) is 0. The van der Waals surface area contributed by atoms with Crippen LogP contribution in [0.1, 0.15) is 43.9 Å². The van der Waals surface area contributed by atoms with Gasteiger partial charge in [0.15, 0.2) is 0 Å². The van der Waals surface area contributed by atoms with E-state index in [1.807, 2.05) is 0 Å². The molecule has 0 spiro atoms. The summed E-state index contributed by atoms with van der Waals surface area (Å²) in [5.74, 6) is 3.04. The number of nitrogens with zero attached hydrogens (tertiary/aromatic N) is 3. The Labute approximate surface area is 138 Å². The average Bonchev–Trinajstić information content (AvgIpc) is 3.00. The van der Waals surface area contributed by atoms with Crippen LogP contribution in [-0.2, 0) is 12.8 Å². The van der Waals surface area contributed by atoms with Crippen molar-refractivity contribution in [1.82, 2.24) is 20.8 Å². The number of aryl methyl sites for hydroxylation is 1. The maximum Gasteiger partial charge on any atom is 0.222 e. The third-order valence-corrected chi connectivity index (χ3v) is 5.83. The number of nitrogens with one attached hydrogen (secondary N) is 2. The van der Waals surface area contributed by atoms with Crippen LogP contribution in [0.15, 0.2) is 0 Å². The number of rotatable bonds is 2. The Morgan fingerprint density at radius 1 is 1.13 bits per heavy atom. The Morgan fingerprint density at radius 3 is 2.65 bits per heavy atom. The molecule has 3 aliphatic rings. The Balaban J connectivity index is 1.49. The highest BCUT2D eigenvalue weighted by Crippen LogP contribution is 2.33. The van der Waals surface area contributed by atoms with Crippen LogP contribution in [0, 0.1) is 11.8 Å². The van der Waals surface area contributed by atoms with Gasteiger partial charge in [0.05, 0.1) is 5.69 Å². The molecule has 126 valence electrons. The van der Waals surface area contributed by atoms with Crippen molar-refractivity contribution in [2.75, 3.05) is 30.3 Å². The molecule has 2 unspecified atom stereocenters. The van der Waals surface area contributed by atoms with E-state index in [0.29, 0.717) is 17.9 Å². The molecule has 2 atom stereocenters. The normalized spacial score (nSPS) is 28.8. The van der Waals surface area contributed by atoms with E-state index >= 15 is 0 Å². The van der Waals surface area contributed by atoms with E-state index in [-0.39, 0.29) is 0 Å². The quantitative estimate of drug-likeness (QED) is 0.762. The van der Waals surface area contributed by atoms with Gasteiger partial charge in [-0.05, 0) is 50.4 Å². The first kappa shape index (κ1) is 15.1. The SMILES string of the molecule is CC1CNNC1C1CCN(c2nc(N)nc3c2CCCC3)CC1. The first-order valence-corrected chi connectivity index (χ1v) is 9.11. The van der Waals surface area contributed by atoms with E-state index in [2.05, 4.69) is 32.6 Å². The number of fused-ring (bicyclic) bond motifs is 1. The minimum absolute atomic E-state index is 0.443. The molecule has 1 aromatic heterocycles. The lowest BCUT2D eigenvalue weighted by atomic mass is 9.84. The van der Waals surface area contributed by atoms with Gasteiger partial charge in [0.2, 0.25) is 5.95 Å². The predicted molar refractivity (Wildman–Crippen MR) is 92.1 cm³/mol. The molecule has 6 nitrogen and oxygen atoms in total. The largest absolute Gasteiger partial charge is 0.368 e. The topological polar surface area (TPSA) is 79.1 Å². The van der Waals surface area contributed by atoms with Gasteiger partial charge in [0, 0.05) is 31.2 Å². The summed E-state index contributed by atoms with van der Waals surface area (Å²) < 4.78 is 0. The number of hydrogen-bond acceptors (Lipinski definition) is 6. The van der Waals surface area contributed by atoms with Crippen LogP contribution in [0.3, 0.4) is 0 Å². The molecule has 6 heteroatoms. The number of anilines is 2. The third kappa shape index (κ3) is 2.90. The lowest BCUT2D eigenvalue weighted by molar-refractivity contribution is 0.276. The summed E-state index contributed by atoms with van der Waals surface area (Å²) in [5.41, 5.74) is 15.3. The zero-order chi connectivity index (χ0) is 15.8. The standard InChI is InChI=1S/C17H28N6/c1-11-10-19-22-15(11)12-6-8-23(9-7-12)16-13-4-2-3-5-14(13)20-17(18)21-16/h11-12,15,19,22H,2-10H2,1H3,(H2,18,20,21). The van der Waals surface area contributed by atoms with Crippen molar-refractivity contribution in [3.05, 3.63) is 11.3 Å². The molecular formula is C17H28N6. The van der Waals surface area contributed by atoms with Gasteiger partial charge in [-0.1, -0.05) is 6.92 Å². The van der Waals surface area contributed by atoms with Crippen molar-refractivity contribution in [3.8, 4) is 0 Å². The molecule has 4 rings (SSSR count). The molecule has 3 heterocycles. The van der Waals surface area contributed by atoms with Crippen LogP contribution in [0.2, 0.25) is 0 Å². The molecular weight excluding hydrogens is 288 g/mol. The average molecular weight is 316 g/mol. The summed E-state index contributed by atoms with van der Waals surface area (Å²) in [6.45, 7) is 5.59. The van der Waals surface area contributed by atoms with Crippen molar-refractivity contribution in [3.63, 3.8) is 0 Å². The van der Waals surface area contributed by atoms with E-state index < -0.39 is 0 Å². The smallest absolute Gasteiger partial charge is 0.222 e. The number of hydrogen-bond donors (Lipinski definition) is 3. The Kier molecular flexibility index (Phi) is 4.11. The molecule has 0 radical (unpaired) electrons. The number of nitrogens with two attached hydrogens (primary N) is 1. The molecule has 0 amide bonds. The van der Waals surface area contributed by atoms with Crippen molar-refractivity contribution < 1.29 is 0 Å². The predicted octanol–water partition coefficient (Wildman–Crippen LogP) is 1.27. The van der Waals surface area contributed by atoms with Crippen molar-refractivity contribution >= 4 is 11.8 Å². The molecule has 2 saturated heterocycles. The van der Waals surface area contributed by atoms with Gasteiger partial charge in [0.1, 0.15) is 5.82 Å². The second-order valence-electron chi connectivity index (χ2n) is 7.39. The highest BCUT2D eigenvalue weighted by molar-refractivity contribution is 5.53. The Morgan fingerprint density at radius 2 is 1.91 bits per heavy atom. The summed E-state index contributed by atoms with van der Waals surface area (Å²) in [6.07, 6.45) is 7.09. The molecule has 0 saturated carbocycles. The summed E-state index contributed by atoms with van der Waals surface area (Å²) in [4.78, 5) is 11.5. The monoisotopic (exact) mass is 316 g/mol. The molecule has 4 N–H and O–H groups in total. The second-order valence-corrected chi connectivity index (χ2v) is 7.39. The van der Waals surface area contributed by atoms with Crippen LogP contribution in [0.4, 0.5) is 11.8 Å². The molecule has 2 fully saturated rings. The minimum atomic E-state index is 0.443. The zero-order valence-electron chi connectivity index (χ0n) is 14.0. The fraction of sp³-hybridized carbons (Fsp3) is 0.765. The van der Waals surface area contributed by atoms with E-state index in [0.717, 1.165) is 44.2 Å². The first-order valence-electron chi connectivity index (χ1n) is 9.11.